The van der Waals surface area contributed by atoms with E-state index in [2.05, 4.69) is 0 Å². The molecule has 1 aromatic rings. The molecule has 0 N–H and O–H groups in total. The summed E-state index contributed by atoms with van der Waals surface area (Å²) < 4.78 is 5.30. The van der Waals surface area contributed by atoms with Crippen LogP contribution < -0.4 is 4.74 Å². The molecule has 1 atom stereocenters. The molecule has 0 spiro atoms. The van der Waals surface area contributed by atoms with Gasteiger partial charge >= 0.3 is 0 Å². The van der Waals surface area contributed by atoms with E-state index in [4.69, 9.17) is 4.74 Å². The normalized spacial score (nSPS) is 21.8. The van der Waals surface area contributed by atoms with E-state index in [1.807, 2.05) is 34.1 Å². The van der Waals surface area contributed by atoms with E-state index in [0.717, 1.165) is 5.56 Å². The number of carbonyl (C=O) groups excluding carboxylic acids is 3. The van der Waals surface area contributed by atoms with E-state index in [0.29, 0.717) is 38.3 Å². The first-order valence-electron chi connectivity index (χ1n) is 8.45. The van der Waals surface area contributed by atoms with Gasteiger partial charge in [0.15, 0.2) is 0 Å². The Morgan fingerprint density at radius 2 is 1.84 bits per heavy atom. The second-order valence-corrected chi connectivity index (χ2v) is 6.42. The third-order valence-corrected chi connectivity index (χ3v) is 5.00. The van der Waals surface area contributed by atoms with Crippen LogP contribution in [0.5, 0.6) is 5.75 Å². The second-order valence-electron chi connectivity index (χ2n) is 6.42. The summed E-state index contributed by atoms with van der Waals surface area (Å²) >= 11 is 0. The lowest BCUT2D eigenvalue weighted by atomic mass is 10.1. The van der Waals surface area contributed by atoms with Gasteiger partial charge in [-0.1, -0.05) is 18.2 Å². The number of hydrogen-bond acceptors (Lipinski definition) is 5. The average Bonchev–Trinajstić information content (AvgIpc) is 2.89. The van der Waals surface area contributed by atoms with Gasteiger partial charge in [0.05, 0.1) is 26.0 Å². The van der Waals surface area contributed by atoms with Crippen molar-refractivity contribution in [3.05, 3.63) is 29.8 Å². The molecule has 0 aliphatic carbocycles. The van der Waals surface area contributed by atoms with Crippen LogP contribution in [-0.2, 0) is 20.8 Å². The van der Waals surface area contributed by atoms with Gasteiger partial charge < -0.3 is 9.64 Å². The van der Waals surface area contributed by atoms with E-state index in [1.54, 1.807) is 7.11 Å². The molecule has 0 aromatic heterocycles. The fourth-order valence-electron chi connectivity index (χ4n) is 3.43. The van der Waals surface area contributed by atoms with Crippen LogP contribution in [0.15, 0.2) is 24.3 Å². The summed E-state index contributed by atoms with van der Waals surface area (Å²) in [6.45, 7) is 2.34. The second kappa shape index (κ2) is 7.23. The van der Waals surface area contributed by atoms with Gasteiger partial charge in [0.25, 0.3) is 0 Å². The maximum Gasteiger partial charge on any atom is 0.246 e. The average molecular weight is 345 g/mol. The fourth-order valence-corrected chi connectivity index (χ4v) is 3.43. The van der Waals surface area contributed by atoms with Crippen LogP contribution in [-0.4, -0.2) is 78.8 Å². The Kier molecular flexibility index (Phi) is 5.03. The molecule has 3 rings (SSSR count). The zero-order chi connectivity index (χ0) is 18.0. The monoisotopic (exact) mass is 345 g/mol. The molecule has 2 saturated heterocycles. The zero-order valence-electron chi connectivity index (χ0n) is 14.6. The van der Waals surface area contributed by atoms with Crippen molar-refractivity contribution in [2.45, 2.75) is 18.9 Å². The van der Waals surface area contributed by atoms with Crippen LogP contribution in [0.1, 0.15) is 12.0 Å². The van der Waals surface area contributed by atoms with Crippen LogP contribution in [0, 0.1) is 0 Å². The Balaban J connectivity index is 1.56. The predicted octanol–water partition coefficient (Wildman–Crippen LogP) is 0.139. The topological polar surface area (TPSA) is 70.2 Å². The van der Waals surface area contributed by atoms with Crippen molar-refractivity contribution >= 4 is 17.7 Å². The number of carbonyl (C=O) groups is 3. The highest BCUT2D eigenvalue weighted by Gasteiger charge is 2.40. The Labute approximate surface area is 147 Å². The lowest BCUT2D eigenvalue weighted by molar-refractivity contribution is -0.138. The minimum atomic E-state index is -0.371. The third kappa shape index (κ3) is 3.51. The summed E-state index contributed by atoms with van der Waals surface area (Å²) in [4.78, 5) is 41.4. The first-order chi connectivity index (χ1) is 12.0. The predicted molar refractivity (Wildman–Crippen MR) is 91.0 cm³/mol. The molecule has 1 aromatic carbocycles. The summed E-state index contributed by atoms with van der Waals surface area (Å²) in [7, 11) is 3.12. The summed E-state index contributed by atoms with van der Waals surface area (Å²) in [5.74, 6) is 0.492. The van der Waals surface area contributed by atoms with Gasteiger partial charge in [0.1, 0.15) is 5.75 Å². The van der Waals surface area contributed by atoms with Crippen LogP contribution >= 0.6 is 0 Å². The molecular weight excluding hydrogens is 322 g/mol. The number of likely N-dealkylation sites (tertiary alicyclic amines) is 1. The quantitative estimate of drug-likeness (QED) is 0.726. The minimum absolute atomic E-state index is 0.0510. The van der Waals surface area contributed by atoms with Crippen molar-refractivity contribution < 1.29 is 19.1 Å². The number of methoxy groups -OCH3 is 1. The molecule has 3 amide bonds. The SMILES string of the molecule is COc1ccccc1CC(=O)N1CCN(C2CC(=O)N(C)C2=O)CC1. The molecule has 0 saturated carbocycles. The number of nitrogens with zero attached hydrogens (tertiary/aromatic N) is 3. The highest BCUT2D eigenvalue weighted by atomic mass is 16.5. The van der Waals surface area contributed by atoms with E-state index >= 15 is 0 Å². The zero-order valence-corrected chi connectivity index (χ0v) is 14.6. The highest BCUT2D eigenvalue weighted by molar-refractivity contribution is 6.05. The molecule has 1 unspecified atom stereocenters. The molecule has 0 bridgehead atoms. The number of benzene rings is 1. The lowest BCUT2D eigenvalue weighted by Gasteiger charge is -2.37. The molecule has 0 radical (unpaired) electrons. The van der Waals surface area contributed by atoms with Crippen LogP contribution in [0.3, 0.4) is 0 Å². The smallest absolute Gasteiger partial charge is 0.246 e. The van der Waals surface area contributed by atoms with Crippen molar-refractivity contribution in [3.63, 3.8) is 0 Å². The van der Waals surface area contributed by atoms with Gasteiger partial charge in [-0.25, -0.2) is 0 Å². The summed E-state index contributed by atoms with van der Waals surface area (Å²) in [6.07, 6.45) is 0.540. The van der Waals surface area contributed by atoms with Crippen molar-refractivity contribution in [2.75, 3.05) is 40.3 Å². The first kappa shape index (κ1) is 17.4. The number of piperazine rings is 1. The first-order valence-corrected chi connectivity index (χ1v) is 8.45. The van der Waals surface area contributed by atoms with E-state index in [9.17, 15) is 14.4 Å². The molecule has 25 heavy (non-hydrogen) atoms. The van der Waals surface area contributed by atoms with Gasteiger partial charge in [0, 0.05) is 38.8 Å². The standard InChI is InChI=1S/C18H23N3O4/c1-19-16(22)12-14(18(19)24)20-7-9-21(10-8-20)17(23)11-13-5-3-4-6-15(13)25-2/h3-6,14H,7-12H2,1-2H3. The molecule has 2 aliphatic rings. The molecule has 7 nitrogen and oxygen atoms in total. The van der Waals surface area contributed by atoms with Crippen molar-refractivity contribution in [1.29, 1.82) is 0 Å². The number of para-hydroxylation sites is 1. The van der Waals surface area contributed by atoms with Crippen molar-refractivity contribution in [2.24, 2.45) is 0 Å². The van der Waals surface area contributed by atoms with E-state index < -0.39 is 0 Å². The maximum absolute atomic E-state index is 12.6. The molecule has 2 heterocycles. The minimum Gasteiger partial charge on any atom is -0.496 e. The summed E-state index contributed by atoms with van der Waals surface area (Å²) in [6, 6.07) is 7.14. The lowest BCUT2D eigenvalue weighted by Crippen LogP contribution is -2.53. The molecule has 2 aliphatic heterocycles. The van der Waals surface area contributed by atoms with Crippen LogP contribution in [0.2, 0.25) is 0 Å². The van der Waals surface area contributed by atoms with E-state index in [1.165, 1.54) is 11.9 Å². The Hall–Kier alpha value is -2.41. The number of ether oxygens (including phenoxy) is 1. The van der Waals surface area contributed by atoms with Crippen molar-refractivity contribution in [3.8, 4) is 5.75 Å². The summed E-state index contributed by atoms with van der Waals surface area (Å²) in [5, 5.41) is 0. The Morgan fingerprint density at radius 3 is 2.44 bits per heavy atom. The van der Waals surface area contributed by atoms with Gasteiger partial charge in [-0.05, 0) is 6.07 Å². The highest BCUT2D eigenvalue weighted by Crippen LogP contribution is 2.21. The van der Waals surface area contributed by atoms with E-state index in [-0.39, 0.29) is 30.2 Å². The number of imide groups is 1. The molecule has 2 fully saturated rings. The summed E-state index contributed by atoms with van der Waals surface area (Å²) in [5.41, 5.74) is 0.871. The maximum atomic E-state index is 12.6. The Morgan fingerprint density at radius 1 is 1.16 bits per heavy atom. The fraction of sp³-hybridized carbons (Fsp3) is 0.500. The van der Waals surface area contributed by atoms with Crippen LogP contribution in [0.4, 0.5) is 0 Å². The number of hydrogen-bond donors (Lipinski definition) is 0. The number of likely N-dealkylation sites (N-methyl/N-ethyl adjacent to an activating group) is 1. The largest absolute Gasteiger partial charge is 0.496 e. The number of rotatable bonds is 4. The van der Waals surface area contributed by atoms with Crippen molar-refractivity contribution in [1.82, 2.24) is 14.7 Å². The molecule has 7 heteroatoms. The number of amides is 3. The molecule has 134 valence electrons. The van der Waals surface area contributed by atoms with Gasteiger partial charge in [0.2, 0.25) is 17.7 Å². The van der Waals surface area contributed by atoms with Gasteiger partial charge in [-0.3, -0.25) is 24.2 Å². The van der Waals surface area contributed by atoms with Gasteiger partial charge in [-0.2, -0.15) is 0 Å². The Bertz CT molecular complexity index is 683. The third-order valence-electron chi connectivity index (χ3n) is 5.00. The van der Waals surface area contributed by atoms with Gasteiger partial charge in [-0.15, -0.1) is 0 Å². The van der Waals surface area contributed by atoms with Crippen LogP contribution in [0.25, 0.3) is 0 Å². The molecular formula is C18H23N3O4.